The highest BCUT2D eigenvalue weighted by Gasteiger charge is 2.21. The van der Waals surface area contributed by atoms with E-state index in [2.05, 4.69) is 31.5 Å². The molecule has 0 saturated heterocycles. The van der Waals surface area contributed by atoms with E-state index in [-0.39, 0.29) is 22.5 Å². The number of ether oxygens (including phenoxy) is 1. The van der Waals surface area contributed by atoms with Crippen molar-refractivity contribution in [3.63, 3.8) is 0 Å². The number of hydrazine groups is 1. The van der Waals surface area contributed by atoms with Crippen LogP contribution in [-0.4, -0.2) is 26.8 Å². The van der Waals surface area contributed by atoms with Crippen LogP contribution in [0, 0.1) is 6.92 Å². The molecule has 3 rings (SSSR count). The standard InChI is InChI=1S/C26H28BrN3O5S/c1-17-8-11-19(26(2,3)4)14-23(17)36(33,34)30-21-12-9-18(10-13-21)25(32)29-28-24(31)16-35-22-7-5-6-20(27)15-22/h5-15,30H,16H2,1-4H3,(H,28,31)(H,29,32). The van der Waals surface area contributed by atoms with Crippen LogP contribution in [0.2, 0.25) is 0 Å². The maximum atomic E-state index is 13.0. The van der Waals surface area contributed by atoms with Crippen molar-refractivity contribution >= 4 is 43.5 Å². The van der Waals surface area contributed by atoms with Crippen molar-refractivity contribution in [2.24, 2.45) is 0 Å². The van der Waals surface area contributed by atoms with Crippen molar-refractivity contribution in [2.75, 3.05) is 11.3 Å². The average molecular weight is 574 g/mol. The van der Waals surface area contributed by atoms with Crippen molar-refractivity contribution in [3.8, 4) is 5.75 Å². The van der Waals surface area contributed by atoms with E-state index < -0.39 is 21.8 Å². The first-order valence-corrected chi connectivity index (χ1v) is 13.3. The second-order valence-corrected chi connectivity index (χ2v) is 11.7. The van der Waals surface area contributed by atoms with Gasteiger partial charge in [-0.25, -0.2) is 8.42 Å². The summed E-state index contributed by atoms with van der Waals surface area (Å²) in [7, 11) is -3.84. The molecule has 190 valence electrons. The number of rotatable bonds is 7. The van der Waals surface area contributed by atoms with Crippen LogP contribution in [0.3, 0.4) is 0 Å². The van der Waals surface area contributed by atoms with E-state index in [1.54, 1.807) is 37.3 Å². The molecule has 3 N–H and O–H groups in total. The minimum absolute atomic E-state index is 0.199. The third kappa shape index (κ3) is 7.32. The largest absolute Gasteiger partial charge is 0.484 e. The molecule has 0 fully saturated rings. The number of sulfonamides is 1. The molecular formula is C26H28BrN3O5S. The van der Waals surface area contributed by atoms with Crippen LogP contribution >= 0.6 is 15.9 Å². The van der Waals surface area contributed by atoms with Crippen LogP contribution < -0.4 is 20.3 Å². The highest BCUT2D eigenvalue weighted by Crippen LogP contribution is 2.28. The predicted molar refractivity (Wildman–Crippen MR) is 142 cm³/mol. The van der Waals surface area contributed by atoms with Gasteiger partial charge in [0.15, 0.2) is 6.61 Å². The van der Waals surface area contributed by atoms with E-state index in [1.165, 1.54) is 24.3 Å². The molecule has 8 nitrogen and oxygen atoms in total. The maximum Gasteiger partial charge on any atom is 0.276 e. The topological polar surface area (TPSA) is 114 Å². The first-order valence-electron chi connectivity index (χ1n) is 11.1. The Morgan fingerprint density at radius 2 is 1.64 bits per heavy atom. The zero-order chi connectivity index (χ0) is 26.5. The molecule has 0 bridgehead atoms. The van der Waals surface area contributed by atoms with Crippen LogP contribution in [0.5, 0.6) is 5.75 Å². The summed E-state index contributed by atoms with van der Waals surface area (Å²) in [6.45, 7) is 7.51. The van der Waals surface area contributed by atoms with Gasteiger partial charge in [0.2, 0.25) is 0 Å². The fourth-order valence-corrected chi connectivity index (χ4v) is 4.90. The second kappa shape index (κ2) is 11.1. The first-order chi connectivity index (χ1) is 16.8. The van der Waals surface area contributed by atoms with Crippen LogP contribution in [0.1, 0.15) is 42.3 Å². The third-order valence-corrected chi connectivity index (χ3v) is 7.24. The van der Waals surface area contributed by atoms with Crippen molar-refractivity contribution < 1.29 is 22.7 Å². The number of aryl methyl sites for hydroxylation is 1. The Balaban J connectivity index is 1.58. The zero-order valence-corrected chi connectivity index (χ0v) is 22.8. The van der Waals surface area contributed by atoms with Gasteiger partial charge in [-0.2, -0.15) is 0 Å². The highest BCUT2D eigenvalue weighted by molar-refractivity contribution is 9.10. The molecule has 0 aromatic heterocycles. The summed E-state index contributed by atoms with van der Waals surface area (Å²) in [6, 6.07) is 18.3. The van der Waals surface area contributed by atoms with Gasteiger partial charge in [0.05, 0.1) is 4.90 Å². The number of anilines is 1. The summed E-state index contributed by atoms with van der Waals surface area (Å²) in [4.78, 5) is 24.5. The molecule has 0 spiro atoms. The molecule has 0 atom stereocenters. The summed E-state index contributed by atoms with van der Waals surface area (Å²) in [5, 5.41) is 0. The Bertz CT molecular complexity index is 1370. The number of nitrogens with one attached hydrogen (secondary N) is 3. The lowest BCUT2D eigenvalue weighted by Crippen LogP contribution is -2.43. The molecule has 3 aromatic rings. The fourth-order valence-electron chi connectivity index (χ4n) is 3.20. The van der Waals surface area contributed by atoms with Gasteiger partial charge in [-0.1, -0.05) is 54.9 Å². The van der Waals surface area contributed by atoms with E-state index in [9.17, 15) is 18.0 Å². The van der Waals surface area contributed by atoms with Crippen LogP contribution in [0.15, 0.2) is 76.1 Å². The minimum Gasteiger partial charge on any atom is -0.484 e. The molecule has 3 aromatic carbocycles. The third-order valence-electron chi connectivity index (χ3n) is 5.22. The molecule has 36 heavy (non-hydrogen) atoms. The lowest BCUT2D eigenvalue weighted by Gasteiger charge is -2.21. The quantitative estimate of drug-likeness (QED) is 0.355. The predicted octanol–water partition coefficient (Wildman–Crippen LogP) is 4.70. The first kappa shape index (κ1) is 27.2. The molecule has 0 aliphatic heterocycles. The van der Waals surface area contributed by atoms with Crippen LogP contribution in [0.25, 0.3) is 0 Å². The Kier molecular flexibility index (Phi) is 8.42. The number of hydrogen-bond donors (Lipinski definition) is 3. The van der Waals surface area contributed by atoms with E-state index in [4.69, 9.17) is 4.74 Å². The Hall–Kier alpha value is -3.37. The number of carbonyl (C=O) groups is 2. The molecule has 2 amide bonds. The highest BCUT2D eigenvalue weighted by atomic mass is 79.9. The zero-order valence-electron chi connectivity index (χ0n) is 20.4. The lowest BCUT2D eigenvalue weighted by molar-refractivity contribution is -0.123. The number of carbonyl (C=O) groups excluding carboxylic acids is 2. The maximum absolute atomic E-state index is 13.0. The monoisotopic (exact) mass is 573 g/mol. The summed E-state index contributed by atoms with van der Waals surface area (Å²) in [5.41, 5.74) is 6.45. The van der Waals surface area contributed by atoms with Gasteiger partial charge >= 0.3 is 0 Å². The number of halogens is 1. The van der Waals surface area contributed by atoms with E-state index in [1.807, 2.05) is 32.9 Å². The van der Waals surface area contributed by atoms with Gasteiger partial charge < -0.3 is 4.74 Å². The second-order valence-electron chi connectivity index (χ2n) is 9.16. The Morgan fingerprint density at radius 1 is 0.944 bits per heavy atom. The molecule has 0 unspecified atom stereocenters. The fraction of sp³-hybridized carbons (Fsp3) is 0.231. The number of benzene rings is 3. The number of amides is 2. The molecule has 10 heteroatoms. The minimum atomic E-state index is -3.84. The van der Waals surface area contributed by atoms with Gasteiger partial charge in [-0.3, -0.25) is 25.2 Å². The van der Waals surface area contributed by atoms with Crippen molar-refractivity contribution in [1.82, 2.24) is 10.9 Å². The van der Waals surface area contributed by atoms with E-state index in [0.717, 1.165) is 10.0 Å². The van der Waals surface area contributed by atoms with Gasteiger partial charge in [0.1, 0.15) is 5.75 Å². The van der Waals surface area contributed by atoms with Gasteiger partial charge in [0, 0.05) is 15.7 Å². The molecule has 0 radical (unpaired) electrons. The average Bonchev–Trinajstić information content (AvgIpc) is 2.81. The van der Waals surface area contributed by atoms with E-state index >= 15 is 0 Å². The van der Waals surface area contributed by atoms with Crippen molar-refractivity contribution in [3.05, 3.63) is 87.9 Å². The van der Waals surface area contributed by atoms with Gasteiger partial charge in [-0.15, -0.1) is 0 Å². The smallest absolute Gasteiger partial charge is 0.276 e. The molecule has 0 aliphatic carbocycles. The van der Waals surface area contributed by atoms with Crippen molar-refractivity contribution in [2.45, 2.75) is 38.0 Å². The van der Waals surface area contributed by atoms with Crippen LogP contribution in [0.4, 0.5) is 5.69 Å². The van der Waals surface area contributed by atoms with Gasteiger partial charge in [-0.05, 0) is 72.0 Å². The molecule has 0 aliphatic rings. The van der Waals surface area contributed by atoms with E-state index in [0.29, 0.717) is 17.0 Å². The molecule has 0 heterocycles. The molecular weight excluding hydrogens is 546 g/mol. The molecule has 0 saturated carbocycles. The van der Waals surface area contributed by atoms with Crippen LogP contribution in [-0.2, 0) is 20.2 Å². The summed E-state index contributed by atoms with van der Waals surface area (Å²) in [5.74, 6) is -0.598. The summed E-state index contributed by atoms with van der Waals surface area (Å²) < 4.78 is 34.8. The van der Waals surface area contributed by atoms with Crippen molar-refractivity contribution in [1.29, 1.82) is 0 Å². The summed E-state index contributed by atoms with van der Waals surface area (Å²) in [6.07, 6.45) is 0. The summed E-state index contributed by atoms with van der Waals surface area (Å²) >= 11 is 3.32. The van der Waals surface area contributed by atoms with Gasteiger partial charge in [0.25, 0.3) is 21.8 Å². The normalized spacial score (nSPS) is 11.5. The lowest BCUT2D eigenvalue weighted by atomic mass is 9.87. The number of hydrogen-bond acceptors (Lipinski definition) is 5. The Morgan fingerprint density at radius 3 is 2.28 bits per heavy atom. The SMILES string of the molecule is Cc1ccc(C(C)(C)C)cc1S(=O)(=O)Nc1ccc(C(=O)NNC(=O)COc2cccc(Br)c2)cc1. The Labute approximate surface area is 219 Å².